The zero-order valence-electron chi connectivity index (χ0n) is 9.67. The van der Waals surface area contributed by atoms with Crippen molar-refractivity contribution in [1.82, 2.24) is 4.98 Å². The number of nitrogens with two attached hydrogens (primary N) is 1. The number of hydrazine groups is 1. The van der Waals surface area contributed by atoms with Crippen molar-refractivity contribution in [2.45, 2.75) is 6.92 Å². The second-order valence-electron chi connectivity index (χ2n) is 3.76. The van der Waals surface area contributed by atoms with Gasteiger partial charge in [-0.2, -0.15) is 0 Å². The topological polar surface area (TPSA) is 63.0 Å². The van der Waals surface area contributed by atoms with Gasteiger partial charge in [-0.25, -0.2) is 10.8 Å². The van der Waals surface area contributed by atoms with Crippen molar-refractivity contribution in [3.05, 3.63) is 45.9 Å². The fourth-order valence-corrected chi connectivity index (χ4v) is 1.89. The van der Waals surface area contributed by atoms with Crippen molar-refractivity contribution in [3.8, 4) is 0 Å². The molecule has 0 radical (unpaired) electrons. The van der Waals surface area contributed by atoms with Gasteiger partial charge in [0.25, 0.3) is 0 Å². The van der Waals surface area contributed by atoms with Crippen LogP contribution in [0.25, 0.3) is 0 Å². The predicted octanol–water partition coefficient (Wildman–Crippen LogP) is 3.73. The molecule has 0 saturated heterocycles. The molecule has 0 aliphatic carbocycles. The minimum absolute atomic E-state index is 0.564. The molecule has 2 rings (SSSR count). The highest BCUT2D eigenvalue weighted by Crippen LogP contribution is 2.30. The third kappa shape index (κ3) is 2.85. The van der Waals surface area contributed by atoms with Crippen LogP contribution in [0.15, 0.2) is 30.3 Å². The Morgan fingerprint density at radius 3 is 2.56 bits per heavy atom. The van der Waals surface area contributed by atoms with E-state index in [0.717, 1.165) is 5.56 Å². The van der Waals surface area contributed by atoms with Gasteiger partial charge in [0.05, 0.1) is 10.7 Å². The van der Waals surface area contributed by atoms with Gasteiger partial charge in [-0.05, 0) is 36.8 Å². The predicted molar refractivity (Wildman–Crippen MR) is 76.5 cm³/mol. The first-order chi connectivity index (χ1) is 8.60. The maximum Gasteiger partial charge on any atom is 0.142 e. The average molecular weight is 283 g/mol. The molecule has 4 N–H and O–H groups in total. The van der Waals surface area contributed by atoms with Crippen molar-refractivity contribution >= 4 is 40.5 Å². The van der Waals surface area contributed by atoms with Gasteiger partial charge in [0, 0.05) is 5.02 Å². The van der Waals surface area contributed by atoms with Crippen LogP contribution >= 0.6 is 23.2 Å². The largest absolute Gasteiger partial charge is 0.339 e. The minimum atomic E-state index is 0.564. The smallest absolute Gasteiger partial charge is 0.142 e. The molecule has 0 bridgehead atoms. The van der Waals surface area contributed by atoms with Crippen LogP contribution in [-0.4, -0.2) is 4.98 Å². The van der Waals surface area contributed by atoms with E-state index >= 15 is 0 Å². The van der Waals surface area contributed by atoms with E-state index in [1.54, 1.807) is 18.2 Å². The normalized spacial score (nSPS) is 10.2. The lowest BCUT2D eigenvalue weighted by Gasteiger charge is -2.10. The Morgan fingerprint density at radius 1 is 1.11 bits per heavy atom. The summed E-state index contributed by atoms with van der Waals surface area (Å²) in [4.78, 5) is 4.23. The van der Waals surface area contributed by atoms with Crippen LogP contribution in [0.3, 0.4) is 0 Å². The van der Waals surface area contributed by atoms with E-state index in [1.165, 1.54) is 0 Å². The Bertz CT molecular complexity index is 572. The molecule has 0 amide bonds. The molecule has 0 unspecified atom stereocenters. The van der Waals surface area contributed by atoms with Crippen LogP contribution in [0.5, 0.6) is 0 Å². The van der Waals surface area contributed by atoms with E-state index in [0.29, 0.717) is 27.4 Å². The lowest BCUT2D eigenvalue weighted by Crippen LogP contribution is -2.09. The van der Waals surface area contributed by atoms with Crippen molar-refractivity contribution in [2.24, 2.45) is 5.84 Å². The number of aromatic nitrogens is 1. The molecule has 0 atom stereocenters. The summed E-state index contributed by atoms with van der Waals surface area (Å²) in [6, 6.07) is 8.97. The second-order valence-corrected chi connectivity index (χ2v) is 4.57. The highest BCUT2D eigenvalue weighted by atomic mass is 35.5. The number of hydrogen-bond donors (Lipinski definition) is 3. The molecule has 0 fully saturated rings. The van der Waals surface area contributed by atoms with E-state index in [9.17, 15) is 0 Å². The zero-order chi connectivity index (χ0) is 13.1. The lowest BCUT2D eigenvalue weighted by molar-refractivity contribution is 1.22. The fourth-order valence-electron chi connectivity index (χ4n) is 1.46. The molecule has 18 heavy (non-hydrogen) atoms. The van der Waals surface area contributed by atoms with Gasteiger partial charge < -0.3 is 10.7 Å². The molecule has 0 spiro atoms. The molecule has 6 heteroatoms. The van der Waals surface area contributed by atoms with Crippen LogP contribution < -0.4 is 16.6 Å². The third-order valence-corrected chi connectivity index (χ3v) is 3.13. The molecule has 1 aromatic heterocycles. The van der Waals surface area contributed by atoms with E-state index in [4.69, 9.17) is 29.0 Å². The Kier molecular flexibility index (Phi) is 3.91. The minimum Gasteiger partial charge on any atom is -0.339 e. The first-order valence-electron chi connectivity index (χ1n) is 5.26. The molecule has 94 valence electrons. The maximum atomic E-state index is 6.14. The Morgan fingerprint density at radius 2 is 1.83 bits per heavy atom. The summed E-state index contributed by atoms with van der Waals surface area (Å²) in [6.45, 7) is 1.90. The van der Waals surface area contributed by atoms with Crippen molar-refractivity contribution in [1.29, 1.82) is 0 Å². The van der Waals surface area contributed by atoms with Crippen LogP contribution in [0.1, 0.15) is 5.56 Å². The van der Waals surface area contributed by atoms with Crippen molar-refractivity contribution in [2.75, 3.05) is 10.7 Å². The molecule has 0 aliphatic rings. The Hall–Kier alpha value is -1.49. The zero-order valence-corrected chi connectivity index (χ0v) is 11.2. The van der Waals surface area contributed by atoms with Gasteiger partial charge in [0.1, 0.15) is 11.6 Å². The van der Waals surface area contributed by atoms with Gasteiger partial charge in [0.2, 0.25) is 0 Å². The third-order valence-electron chi connectivity index (χ3n) is 2.41. The first kappa shape index (κ1) is 13.0. The number of halogens is 2. The number of hydrogen-bond acceptors (Lipinski definition) is 4. The van der Waals surface area contributed by atoms with Crippen LogP contribution in [0.4, 0.5) is 17.3 Å². The summed E-state index contributed by atoms with van der Waals surface area (Å²) in [5, 5.41) is 4.33. The monoisotopic (exact) mass is 282 g/mol. The van der Waals surface area contributed by atoms with Gasteiger partial charge in [-0.15, -0.1) is 0 Å². The second kappa shape index (κ2) is 5.44. The summed E-state index contributed by atoms with van der Waals surface area (Å²) >= 11 is 12.2. The quantitative estimate of drug-likeness (QED) is 0.593. The molecule has 0 aliphatic heterocycles. The number of pyridine rings is 1. The Balaban J connectivity index is 2.30. The maximum absolute atomic E-state index is 6.14. The molecule has 4 nitrogen and oxygen atoms in total. The van der Waals surface area contributed by atoms with E-state index in [2.05, 4.69) is 15.7 Å². The average Bonchev–Trinajstić information content (AvgIpc) is 2.36. The summed E-state index contributed by atoms with van der Waals surface area (Å²) < 4.78 is 0. The van der Waals surface area contributed by atoms with E-state index in [-0.39, 0.29) is 0 Å². The number of benzene rings is 1. The lowest BCUT2D eigenvalue weighted by atomic mass is 10.2. The fraction of sp³-hybridized carbons (Fsp3) is 0.0833. The molecule has 1 heterocycles. The summed E-state index contributed by atoms with van der Waals surface area (Å²) in [7, 11) is 0. The number of aryl methyl sites for hydroxylation is 1. The van der Waals surface area contributed by atoms with Crippen molar-refractivity contribution < 1.29 is 0 Å². The number of nitrogen functional groups attached to an aromatic ring is 1. The van der Waals surface area contributed by atoms with Crippen LogP contribution in [0, 0.1) is 6.92 Å². The van der Waals surface area contributed by atoms with E-state index in [1.807, 2.05) is 19.1 Å². The summed E-state index contributed by atoms with van der Waals surface area (Å²) in [5.41, 5.74) is 4.11. The molecular weight excluding hydrogens is 271 g/mol. The Labute approximate surface area is 115 Å². The summed E-state index contributed by atoms with van der Waals surface area (Å²) in [6.07, 6.45) is 0. The summed E-state index contributed by atoms with van der Waals surface area (Å²) in [5.74, 6) is 6.49. The molecular formula is C12H12Cl2N4. The van der Waals surface area contributed by atoms with Gasteiger partial charge in [-0.3, -0.25) is 0 Å². The number of anilines is 3. The molecule has 1 aromatic carbocycles. The molecule has 2 aromatic rings. The highest BCUT2D eigenvalue weighted by molar-refractivity contribution is 6.35. The van der Waals surface area contributed by atoms with Gasteiger partial charge >= 0.3 is 0 Å². The van der Waals surface area contributed by atoms with Crippen LogP contribution in [-0.2, 0) is 0 Å². The molecule has 0 saturated carbocycles. The SMILES string of the molecule is Cc1cc(Cl)c(Nc2cccc(NN)n2)cc1Cl. The first-order valence-corrected chi connectivity index (χ1v) is 6.02. The number of rotatable bonds is 3. The number of nitrogens with zero attached hydrogens (tertiary/aromatic N) is 1. The van der Waals surface area contributed by atoms with Gasteiger partial charge in [-0.1, -0.05) is 29.3 Å². The number of nitrogens with one attached hydrogen (secondary N) is 2. The highest BCUT2D eigenvalue weighted by Gasteiger charge is 2.06. The standard InChI is InChI=1S/C12H12Cl2N4/c1-7-5-9(14)10(6-8(7)13)16-11-3-2-4-12(17-11)18-15/h2-6H,15H2,1H3,(H2,16,17,18). The van der Waals surface area contributed by atoms with Crippen molar-refractivity contribution in [3.63, 3.8) is 0 Å². The van der Waals surface area contributed by atoms with Gasteiger partial charge in [0.15, 0.2) is 0 Å². The van der Waals surface area contributed by atoms with E-state index < -0.39 is 0 Å². The van der Waals surface area contributed by atoms with Crippen LogP contribution in [0.2, 0.25) is 10.0 Å².